The van der Waals surface area contributed by atoms with Gasteiger partial charge in [0.25, 0.3) is 5.91 Å². The Kier molecular flexibility index (Phi) is 4.69. The third kappa shape index (κ3) is 3.73. The average molecular weight is 363 g/mol. The van der Waals surface area contributed by atoms with Gasteiger partial charge in [-0.15, -0.1) is 0 Å². The summed E-state index contributed by atoms with van der Waals surface area (Å²) in [5, 5.41) is 2.29. The summed E-state index contributed by atoms with van der Waals surface area (Å²) in [5.74, 6) is -1.60. The van der Waals surface area contributed by atoms with Gasteiger partial charge in [-0.1, -0.05) is 23.2 Å². The van der Waals surface area contributed by atoms with E-state index in [1.807, 2.05) is 0 Å². The molecule has 0 aliphatic carbocycles. The molecule has 0 bridgehead atoms. The lowest BCUT2D eigenvalue weighted by Gasteiger charge is -2.09. The monoisotopic (exact) mass is 362 g/mol. The minimum absolute atomic E-state index is 0.0292. The van der Waals surface area contributed by atoms with Crippen LogP contribution in [-0.2, 0) is 9.84 Å². The third-order valence-electron chi connectivity index (χ3n) is 2.64. The highest BCUT2D eigenvalue weighted by Crippen LogP contribution is 2.22. The van der Waals surface area contributed by atoms with Crippen LogP contribution in [0.2, 0.25) is 10.2 Å². The molecule has 9 heteroatoms. The number of sulfone groups is 1. The van der Waals surface area contributed by atoms with Crippen molar-refractivity contribution in [3.8, 4) is 0 Å². The van der Waals surface area contributed by atoms with Gasteiger partial charge >= 0.3 is 0 Å². The summed E-state index contributed by atoms with van der Waals surface area (Å²) in [6.07, 6.45) is 0.973. The smallest absolute Gasteiger partial charge is 0.275 e. The summed E-state index contributed by atoms with van der Waals surface area (Å²) in [4.78, 5) is 15.7. The van der Waals surface area contributed by atoms with E-state index in [4.69, 9.17) is 23.2 Å². The van der Waals surface area contributed by atoms with Crippen molar-refractivity contribution in [2.75, 3.05) is 11.6 Å². The van der Waals surface area contributed by atoms with E-state index in [9.17, 15) is 17.6 Å². The minimum atomic E-state index is -3.54. The van der Waals surface area contributed by atoms with Gasteiger partial charge in [-0.2, -0.15) is 0 Å². The van der Waals surface area contributed by atoms with Gasteiger partial charge in [0.1, 0.15) is 16.7 Å². The molecule has 22 heavy (non-hydrogen) atoms. The Hall–Kier alpha value is -1.70. The fraction of sp³-hybridized carbons (Fsp3) is 0.0769. The molecule has 0 unspecified atom stereocenters. The van der Waals surface area contributed by atoms with Crippen LogP contribution in [0.1, 0.15) is 10.5 Å². The molecule has 1 heterocycles. The van der Waals surface area contributed by atoms with Gasteiger partial charge in [-0.3, -0.25) is 4.79 Å². The third-order valence-corrected chi connectivity index (χ3v) is 4.27. The van der Waals surface area contributed by atoms with Crippen molar-refractivity contribution in [1.29, 1.82) is 0 Å². The summed E-state index contributed by atoms with van der Waals surface area (Å²) in [6, 6.07) is 5.82. The van der Waals surface area contributed by atoms with E-state index in [1.165, 1.54) is 12.1 Å². The number of benzene rings is 1. The second-order valence-electron chi connectivity index (χ2n) is 4.33. The maximum atomic E-state index is 13.7. The van der Waals surface area contributed by atoms with Gasteiger partial charge in [0.2, 0.25) is 0 Å². The van der Waals surface area contributed by atoms with E-state index in [2.05, 4.69) is 10.3 Å². The first-order valence-corrected chi connectivity index (χ1v) is 8.46. The lowest BCUT2D eigenvalue weighted by atomic mass is 10.2. The highest BCUT2D eigenvalue weighted by atomic mass is 35.5. The molecule has 116 valence electrons. The first-order chi connectivity index (χ1) is 10.2. The Balaban J connectivity index is 2.38. The van der Waals surface area contributed by atoms with Gasteiger partial charge in [-0.25, -0.2) is 17.8 Å². The van der Waals surface area contributed by atoms with E-state index in [1.54, 1.807) is 0 Å². The molecule has 1 amide bonds. The van der Waals surface area contributed by atoms with Gasteiger partial charge in [0, 0.05) is 6.26 Å². The maximum Gasteiger partial charge on any atom is 0.275 e. The van der Waals surface area contributed by atoms with E-state index >= 15 is 0 Å². The number of halogens is 3. The Morgan fingerprint density at radius 3 is 2.55 bits per heavy atom. The fourth-order valence-corrected chi connectivity index (χ4v) is 2.58. The number of amides is 1. The average Bonchev–Trinajstić information content (AvgIpc) is 2.42. The lowest BCUT2D eigenvalue weighted by Crippen LogP contribution is -2.16. The number of nitrogens with zero attached hydrogens (tertiary/aromatic N) is 1. The first-order valence-electron chi connectivity index (χ1n) is 5.81. The van der Waals surface area contributed by atoms with Crippen molar-refractivity contribution in [3.63, 3.8) is 0 Å². The molecule has 2 rings (SSSR count). The second-order valence-corrected chi connectivity index (χ2v) is 7.14. The molecule has 0 spiro atoms. The van der Waals surface area contributed by atoms with Crippen LogP contribution < -0.4 is 5.32 Å². The zero-order valence-corrected chi connectivity index (χ0v) is 13.4. The maximum absolute atomic E-state index is 13.7. The number of carbonyl (C=O) groups excluding carboxylic acids is 1. The van der Waals surface area contributed by atoms with Crippen molar-refractivity contribution < 1.29 is 17.6 Å². The number of carbonyl (C=O) groups is 1. The zero-order chi connectivity index (χ0) is 16.5. The number of anilines is 1. The SMILES string of the molecule is CS(=O)(=O)c1ccc(F)c(NC(=O)c2nc(Cl)ccc2Cl)c1. The number of hydrogen-bond acceptors (Lipinski definition) is 4. The van der Waals surface area contributed by atoms with E-state index in [0.717, 1.165) is 24.5 Å². The van der Waals surface area contributed by atoms with Crippen LogP contribution in [0.5, 0.6) is 0 Å². The topological polar surface area (TPSA) is 76.1 Å². The first kappa shape index (κ1) is 16.7. The molecule has 1 aromatic heterocycles. The Morgan fingerprint density at radius 1 is 1.23 bits per heavy atom. The van der Waals surface area contributed by atoms with Crippen LogP contribution >= 0.6 is 23.2 Å². The molecule has 0 aliphatic rings. The molecule has 0 fully saturated rings. The number of hydrogen-bond donors (Lipinski definition) is 1. The summed E-state index contributed by atoms with van der Waals surface area (Å²) in [7, 11) is -3.54. The Morgan fingerprint density at radius 2 is 1.91 bits per heavy atom. The molecule has 0 atom stereocenters. The molecule has 0 radical (unpaired) electrons. The van der Waals surface area contributed by atoms with Crippen molar-refractivity contribution in [1.82, 2.24) is 4.98 Å². The molecular formula is C13H9Cl2FN2O3S. The van der Waals surface area contributed by atoms with Gasteiger partial charge in [0.05, 0.1) is 15.6 Å². The second kappa shape index (κ2) is 6.20. The van der Waals surface area contributed by atoms with E-state index < -0.39 is 21.6 Å². The van der Waals surface area contributed by atoms with Crippen LogP contribution in [0.15, 0.2) is 35.2 Å². The molecule has 0 saturated heterocycles. The predicted molar refractivity (Wildman–Crippen MR) is 81.7 cm³/mol. The normalized spacial score (nSPS) is 11.3. The number of nitrogens with one attached hydrogen (secondary N) is 1. The van der Waals surface area contributed by atoms with Crippen molar-refractivity contribution in [3.05, 3.63) is 52.0 Å². The van der Waals surface area contributed by atoms with Crippen LogP contribution in [0.3, 0.4) is 0 Å². The van der Waals surface area contributed by atoms with Crippen LogP contribution in [0.4, 0.5) is 10.1 Å². The van der Waals surface area contributed by atoms with Gasteiger partial charge in [0.15, 0.2) is 9.84 Å². The Labute approximate surface area is 136 Å². The standard InChI is InChI=1S/C13H9Cl2FN2O3S/c1-22(20,21)7-2-4-9(16)10(6-7)17-13(19)12-8(14)3-5-11(15)18-12/h2-6H,1H3,(H,17,19). The van der Waals surface area contributed by atoms with Crippen LogP contribution in [0, 0.1) is 5.82 Å². The molecule has 1 N–H and O–H groups in total. The van der Waals surface area contributed by atoms with E-state index in [-0.39, 0.29) is 26.5 Å². The summed E-state index contributed by atoms with van der Waals surface area (Å²) >= 11 is 11.5. The van der Waals surface area contributed by atoms with E-state index in [0.29, 0.717) is 0 Å². The fourth-order valence-electron chi connectivity index (χ4n) is 1.59. The van der Waals surface area contributed by atoms with Crippen molar-refractivity contribution in [2.45, 2.75) is 4.90 Å². The predicted octanol–water partition coefficient (Wildman–Crippen LogP) is 3.18. The van der Waals surface area contributed by atoms with Gasteiger partial charge in [-0.05, 0) is 30.3 Å². The van der Waals surface area contributed by atoms with Crippen molar-refractivity contribution in [2.24, 2.45) is 0 Å². The zero-order valence-electron chi connectivity index (χ0n) is 11.1. The van der Waals surface area contributed by atoms with Crippen molar-refractivity contribution >= 4 is 44.6 Å². The number of rotatable bonds is 3. The molecule has 0 aliphatic heterocycles. The van der Waals surface area contributed by atoms with Crippen LogP contribution in [0.25, 0.3) is 0 Å². The number of pyridine rings is 1. The lowest BCUT2D eigenvalue weighted by molar-refractivity contribution is 0.102. The quantitative estimate of drug-likeness (QED) is 0.671. The van der Waals surface area contributed by atoms with Gasteiger partial charge < -0.3 is 5.32 Å². The molecular weight excluding hydrogens is 354 g/mol. The molecule has 5 nitrogen and oxygen atoms in total. The molecule has 2 aromatic rings. The summed E-state index contributed by atoms with van der Waals surface area (Å²) < 4.78 is 36.7. The largest absolute Gasteiger partial charge is 0.318 e. The summed E-state index contributed by atoms with van der Waals surface area (Å²) in [5.41, 5.74) is -0.496. The minimum Gasteiger partial charge on any atom is -0.318 e. The summed E-state index contributed by atoms with van der Waals surface area (Å²) in [6.45, 7) is 0. The highest BCUT2D eigenvalue weighted by Gasteiger charge is 2.17. The molecule has 0 saturated carbocycles. The Bertz CT molecular complexity index is 856. The number of aromatic nitrogens is 1. The molecule has 1 aromatic carbocycles. The highest BCUT2D eigenvalue weighted by molar-refractivity contribution is 7.90. The van der Waals surface area contributed by atoms with Crippen LogP contribution in [-0.4, -0.2) is 25.6 Å².